The molecule has 1 aromatic rings. The van der Waals surface area contributed by atoms with Crippen LogP contribution < -0.4 is 4.90 Å². The zero-order valence-electron chi connectivity index (χ0n) is 10.6. The van der Waals surface area contributed by atoms with Crippen molar-refractivity contribution in [3.63, 3.8) is 0 Å². The Morgan fingerprint density at radius 2 is 2.17 bits per heavy atom. The molecular formula is C14H16N2O2. The van der Waals surface area contributed by atoms with E-state index in [4.69, 9.17) is 0 Å². The van der Waals surface area contributed by atoms with Gasteiger partial charge in [0.2, 0.25) is 5.91 Å². The van der Waals surface area contributed by atoms with Crippen molar-refractivity contribution in [2.24, 2.45) is 0 Å². The van der Waals surface area contributed by atoms with Gasteiger partial charge >= 0.3 is 0 Å². The predicted molar refractivity (Wildman–Crippen MR) is 68.4 cm³/mol. The smallest absolute Gasteiger partial charge is 0.257 e. The van der Waals surface area contributed by atoms with E-state index in [1.165, 1.54) is 0 Å². The van der Waals surface area contributed by atoms with Gasteiger partial charge in [-0.2, -0.15) is 0 Å². The van der Waals surface area contributed by atoms with Crippen molar-refractivity contribution in [3.8, 4) is 0 Å². The van der Waals surface area contributed by atoms with Crippen molar-refractivity contribution in [2.45, 2.75) is 32.9 Å². The van der Waals surface area contributed by atoms with Crippen LogP contribution in [0.1, 0.15) is 35.7 Å². The molecule has 0 radical (unpaired) electrons. The zero-order chi connectivity index (χ0) is 12.9. The summed E-state index contributed by atoms with van der Waals surface area (Å²) in [5, 5.41) is 0. The summed E-state index contributed by atoms with van der Waals surface area (Å²) in [5.74, 6) is 0.0678. The molecule has 0 N–H and O–H groups in total. The molecule has 1 aromatic carbocycles. The summed E-state index contributed by atoms with van der Waals surface area (Å²) in [5.41, 5.74) is 2.47. The summed E-state index contributed by atoms with van der Waals surface area (Å²) in [7, 11) is 0. The minimum absolute atomic E-state index is 0.00417. The summed E-state index contributed by atoms with van der Waals surface area (Å²) in [6, 6.07) is 5.72. The van der Waals surface area contributed by atoms with Crippen LogP contribution in [-0.4, -0.2) is 29.4 Å². The number of carbonyl (C=O) groups is 2. The number of aryl methyl sites for hydroxylation is 1. The standard InChI is InChI=1S/C14H16N2O2/c1-9-5-6-12-11(8-9)14(18)15-7-3-4-13(15)16(12)10(2)17/h5-6,8,13H,3-4,7H2,1-2H3. The van der Waals surface area contributed by atoms with Crippen molar-refractivity contribution >= 4 is 17.5 Å². The molecule has 2 amide bonds. The Bertz CT molecular complexity index is 539. The minimum Gasteiger partial charge on any atom is -0.318 e. The number of anilines is 1. The summed E-state index contributed by atoms with van der Waals surface area (Å²) in [4.78, 5) is 27.9. The number of rotatable bonds is 0. The highest BCUT2D eigenvalue weighted by Gasteiger charge is 2.41. The summed E-state index contributed by atoms with van der Waals surface area (Å²) in [6.07, 6.45) is 1.76. The number of hydrogen-bond donors (Lipinski definition) is 0. The third kappa shape index (κ3) is 1.45. The third-order valence-corrected chi connectivity index (χ3v) is 3.76. The Hall–Kier alpha value is -1.84. The van der Waals surface area contributed by atoms with Gasteiger partial charge in [-0.05, 0) is 31.9 Å². The molecule has 2 aliphatic heterocycles. The molecule has 18 heavy (non-hydrogen) atoms. The molecule has 4 heteroatoms. The molecule has 1 atom stereocenters. The predicted octanol–water partition coefficient (Wildman–Crippen LogP) is 1.92. The number of carbonyl (C=O) groups excluding carboxylic acids is 2. The molecule has 2 heterocycles. The Kier molecular flexibility index (Phi) is 2.40. The second-order valence-electron chi connectivity index (χ2n) is 5.03. The van der Waals surface area contributed by atoms with Crippen molar-refractivity contribution in [3.05, 3.63) is 29.3 Å². The van der Waals surface area contributed by atoms with Gasteiger partial charge in [0.1, 0.15) is 6.17 Å². The van der Waals surface area contributed by atoms with Crippen LogP contribution in [0.5, 0.6) is 0 Å². The fourth-order valence-corrected chi connectivity index (χ4v) is 2.98. The van der Waals surface area contributed by atoms with Gasteiger partial charge in [-0.3, -0.25) is 14.5 Å². The summed E-state index contributed by atoms with van der Waals surface area (Å²) >= 11 is 0. The first-order valence-electron chi connectivity index (χ1n) is 6.31. The van der Waals surface area contributed by atoms with Crippen LogP contribution in [-0.2, 0) is 4.79 Å². The molecule has 0 saturated carbocycles. The quantitative estimate of drug-likeness (QED) is 0.699. The highest BCUT2D eigenvalue weighted by atomic mass is 16.2. The molecule has 0 aliphatic carbocycles. The van der Waals surface area contributed by atoms with Crippen LogP contribution in [0.3, 0.4) is 0 Å². The van der Waals surface area contributed by atoms with Gasteiger partial charge in [0, 0.05) is 13.5 Å². The van der Waals surface area contributed by atoms with Crippen molar-refractivity contribution in [1.82, 2.24) is 4.90 Å². The molecular weight excluding hydrogens is 228 g/mol. The average molecular weight is 244 g/mol. The molecule has 0 bridgehead atoms. The number of hydrogen-bond acceptors (Lipinski definition) is 2. The van der Waals surface area contributed by atoms with Crippen LogP contribution in [0.25, 0.3) is 0 Å². The van der Waals surface area contributed by atoms with Crippen molar-refractivity contribution < 1.29 is 9.59 Å². The number of benzene rings is 1. The molecule has 4 nitrogen and oxygen atoms in total. The van der Waals surface area contributed by atoms with Crippen LogP contribution in [0, 0.1) is 6.92 Å². The third-order valence-electron chi connectivity index (χ3n) is 3.76. The maximum Gasteiger partial charge on any atom is 0.257 e. The van der Waals surface area contributed by atoms with Gasteiger partial charge in [-0.1, -0.05) is 11.6 Å². The van der Waals surface area contributed by atoms with E-state index in [9.17, 15) is 9.59 Å². The second-order valence-corrected chi connectivity index (χ2v) is 5.03. The molecule has 1 unspecified atom stereocenters. The Morgan fingerprint density at radius 1 is 1.39 bits per heavy atom. The van der Waals surface area contributed by atoms with E-state index >= 15 is 0 Å². The molecule has 94 valence electrons. The lowest BCUT2D eigenvalue weighted by atomic mass is 10.0. The van der Waals surface area contributed by atoms with E-state index < -0.39 is 0 Å². The van der Waals surface area contributed by atoms with Crippen molar-refractivity contribution in [2.75, 3.05) is 11.4 Å². The number of amides is 2. The molecule has 1 fully saturated rings. The van der Waals surface area contributed by atoms with Crippen molar-refractivity contribution in [1.29, 1.82) is 0 Å². The number of nitrogens with zero attached hydrogens (tertiary/aromatic N) is 2. The fourth-order valence-electron chi connectivity index (χ4n) is 2.98. The van der Waals surface area contributed by atoms with Gasteiger partial charge in [0.05, 0.1) is 11.3 Å². The van der Waals surface area contributed by atoms with E-state index in [0.717, 1.165) is 30.6 Å². The molecule has 1 saturated heterocycles. The Balaban J connectivity index is 2.19. The Labute approximate surface area is 106 Å². The molecule has 2 aliphatic rings. The van der Waals surface area contributed by atoms with E-state index in [0.29, 0.717) is 5.56 Å². The van der Waals surface area contributed by atoms with E-state index in [1.807, 2.05) is 30.0 Å². The highest BCUT2D eigenvalue weighted by molar-refractivity contribution is 6.08. The zero-order valence-corrected chi connectivity index (χ0v) is 10.6. The molecule has 0 spiro atoms. The minimum atomic E-state index is -0.0785. The summed E-state index contributed by atoms with van der Waals surface area (Å²) < 4.78 is 0. The summed E-state index contributed by atoms with van der Waals surface area (Å²) in [6.45, 7) is 4.28. The van der Waals surface area contributed by atoms with Gasteiger partial charge < -0.3 is 4.90 Å². The van der Waals surface area contributed by atoms with Gasteiger partial charge in [-0.25, -0.2) is 0 Å². The van der Waals surface area contributed by atoms with E-state index in [-0.39, 0.29) is 18.0 Å². The maximum atomic E-state index is 12.4. The maximum absolute atomic E-state index is 12.4. The second kappa shape index (κ2) is 3.83. The monoisotopic (exact) mass is 244 g/mol. The van der Waals surface area contributed by atoms with Crippen LogP contribution in [0.2, 0.25) is 0 Å². The van der Waals surface area contributed by atoms with Gasteiger partial charge in [0.15, 0.2) is 0 Å². The lowest BCUT2D eigenvalue weighted by Crippen LogP contribution is -2.53. The fraction of sp³-hybridized carbons (Fsp3) is 0.429. The van der Waals surface area contributed by atoms with E-state index in [1.54, 1.807) is 11.8 Å². The van der Waals surface area contributed by atoms with Gasteiger partial charge in [-0.15, -0.1) is 0 Å². The number of fused-ring (bicyclic) bond motifs is 2. The largest absolute Gasteiger partial charge is 0.318 e. The van der Waals surface area contributed by atoms with Gasteiger partial charge in [0.25, 0.3) is 5.91 Å². The normalized spacial score (nSPS) is 21.9. The average Bonchev–Trinajstić information content (AvgIpc) is 2.79. The Morgan fingerprint density at radius 3 is 2.89 bits per heavy atom. The van der Waals surface area contributed by atoms with Crippen LogP contribution in [0.4, 0.5) is 5.69 Å². The lowest BCUT2D eigenvalue weighted by Gasteiger charge is -2.40. The first-order valence-corrected chi connectivity index (χ1v) is 6.31. The first kappa shape index (κ1) is 11.3. The lowest BCUT2D eigenvalue weighted by molar-refractivity contribution is -0.117. The highest BCUT2D eigenvalue weighted by Crippen LogP contribution is 2.36. The topological polar surface area (TPSA) is 40.6 Å². The molecule has 3 rings (SSSR count). The SMILES string of the molecule is CC(=O)N1c2ccc(C)cc2C(=O)N2CCCC21. The first-order chi connectivity index (χ1) is 8.59. The molecule has 0 aromatic heterocycles. The van der Waals surface area contributed by atoms with Crippen LogP contribution >= 0.6 is 0 Å². The van der Waals surface area contributed by atoms with Crippen LogP contribution in [0.15, 0.2) is 18.2 Å². The van der Waals surface area contributed by atoms with E-state index in [2.05, 4.69) is 0 Å².